The molecule has 2 nitrogen and oxygen atoms in total. The van der Waals surface area contributed by atoms with Crippen LogP contribution in [0.5, 0.6) is 0 Å². The van der Waals surface area contributed by atoms with Gasteiger partial charge in [0.1, 0.15) is 0 Å². The number of para-hydroxylation sites is 1. The van der Waals surface area contributed by atoms with E-state index in [0.29, 0.717) is 21.0 Å². The van der Waals surface area contributed by atoms with Crippen LogP contribution in [0.1, 0.15) is 42.1 Å². The molecular weight excluding hydrogens is 350 g/mol. The molecule has 0 fully saturated rings. The molecule has 0 aliphatic heterocycles. The molecule has 0 spiro atoms. The third-order valence-electron chi connectivity index (χ3n) is 3.53. The number of anilines is 1. The van der Waals surface area contributed by atoms with Gasteiger partial charge in [-0.25, -0.2) is 0 Å². The van der Waals surface area contributed by atoms with Crippen LogP contribution in [0.3, 0.4) is 0 Å². The van der Waals surface area contributed by atoms with E-state index in [9.17, 15) is 4.79 Å². The summed E-state index contributed by atoms with van der Waals surface area (Å²) in [6, 6.07) is 13.1. The largest absolute Gasteiger partial charge is 0.322 e. The van der Waals surface area contributed by atoms with E-state index >= 15 is 0 Å². The molecular formula is C17H17BrClNO. The van der Waals surface area contributed by atoms with Gasteiger partial charge in [0.15, 0.2) is 0 Å². The molecule has 1 amide bonds. The number of nitrogens with one attached hydrogen (secondary N) is 1. The van der Waals surface area contributed by atoms with Crippen LogP contribution < -0.4 is 5.32 Å². The van der Waals surface area contributed by atoms with E-state index in [1.54, 1.807) is 18.2 Å². The summed E-state index contributed by atoms with van der Waals surface area (Å²) >= 11 is 9.29. The first kappa shape index (κ1) is 16.1. The van der Waals surface area contributed by atoms with Crippen LogP contribution in [0.25, 0.3) is 0 Å². The van der Waals surface area contributed by atoms with Crippen molar-refractivity contribution in [1.82, 2.24) is 0 Å². The van der Waals surface area contributed by atoms with Crippen LogP contribution in [0, 0.1) is 0 Å². The Morgan fingerprint density at radius 1 is 1.29 bits per heavy atom. The van der Waals surface area contributed by atoms with Crippen molar-refractivity contribution in [1.29, 1.82) is 0 Å². The van der Waals surface area contributed by atoms with Gasteiger partial charge in [0, 0.05) is 15.7 Å². The third kappa shape index (κ3) is 3.86. The number of rotatable bonds is 4. The van der Waals surface area contributed by atoms with Crippen molar-refractivity contribution < 1.29 is 4.79 Å². The van der Waals surface area contributed by atoms with Crippen LogP contribution in [0.2, 0.25) is 5.02 Å². The number of hydrogen-bond donors (Lipinski definition) is 1. The molecule has 0 aromatic heterocycles. The Balaban J connectivity index is 2.25. The van der Waals surface area contributed by atoms with Crippen molar-refractivity contribution >= 4 is 39.1 Å². The number of hydrogen-bond acceptors (Lipinski definition) is 1. The van der Waals surface area contributed by atoms with Crippen molar-refractivity contribution in [2.45, 2.75) is 26.2 Å². The predicted molar refractivity (Wildman–Crippen MR) is 92.3 cm³/mol. The van der Waals surface area contributed by atoms with Gasteiger partial charge in [-0.15, -0.1) is 0 Å². The SMILES string of the molecule is CCC(C)c1ccccc1NC(=O)c1ccc(Cl)c(Br)c1. The van der Waals surface area contributed by atoms with Gasteiger partial charge in [-0.2, -0.15) is 0 Å². The molecule has 2 rings (SSSR count). The van der Waals surface area contributed by atoms with Crippen LogP contribution in [-0.2, 0) is 0 Å². The lowest BCUT2D eigenvalue weighted by Gasteiger charge is -2.15. The average molecular weight is 367 g/mol. The van der Waals surface area contributed by atoms with Gasteiger partial charge >= 0.3 is 0 Å². The van der Waals surface area contributed by atoms with Crippen LogP contribution in [0.4, 0.5) is 5.69 Å². The van der Waals surface area contributed by atoms with Gasteiger partial charge in [-0.3, -0.25) is 4.79 Å². The normalized spacial score (nSPS) is 12.0. The highest BCUT2D eigenvalue weighted by Gasteiger charge is 2.13. The Morgan fingerprint density at radius 2 is 2.00 bits per heavy atom. The standard InChI is InChI=1S/C17H17BrClNO/c1-3-11(2)13-6-4-5-7-16(13)20-17(21)12-8-9-15(19)14(18)10-12/h4-11H,3H2,1-2H3,(H,20,21). The number of benzene rings is 2. The highest BCUT2D eigenvalue weighted by molar-refractivity contribution is 9.10. The minimum atomic E-state index is -0.136. The van der Waals surface area contributed by atoms with E-state index in [1.807, 2.05) is 18.2 Å². The van der Waals surface area contributed by atoms with E-state index in [-0.39, 0.29) is 5.91 Å². The molecule has 4 heteroatoms. The molecule has 1 atom stereocenters. The fourth-order valence-electron chi connectivity index (χ4n) is 2.09. The zero-order valence-electron chi connectivity index (χ0n) is 12.0. The minimum absolute atomic E-state index is 0.136. The highest BCUT2D eigenvalue weighted by Crippen LogP contribution is 2.28. The van der Waals surface area contributed by atoms with Crippen molar-refractivity contribution in [3.63, 3.8) is 0 Å². The molecule has 2 aromatic rings. The minimum Gasteiger partial charge on any atom is -0.322 e. The first-order valence-corrected chi connectivity index (χ1v) is 8.05. The Kier molecular flexibility index (Phi) is 5.43. The maximum Gasteiger partial charge on any atom is 0.255 e. The second-order valence-electron chi connectivity index (χ2n) is 4.98. The average Bonchev–Trinajstić information content (AvgIpc) is 2.49. The van der Waals surface area contributed by atoms with Crippen LogP contribution in [0.15, 0.2) is 46.9 Å². The monoisotopic (exact) mass is 365 g/mol. The molecule has 21 heavy (non-hydrogen) atoms. The maximum absolute atomic E-state index is 12.4. The molecule has 1 N–H and O–H groups in total. The van der Waals surface area contributed by atoms with Gasteiger partial charge < -0.3 is 5.32 Å². The molecule has 110 valence electrons. The topological polar surface area (TPSA) is 29.1 Å². The molecule has 0 heterocycles. The molecule has 0 bridgehead atoms. The fourth-order valence-corrected chi connectivity index (χ4v) is 2.59. The summed E-state index contributed by atoms with van der Waals surface area (Å²) in [5.74, 6) is 0.265. The van der Waals surface area contributed by atoms with E-state index in [2.05, 4.69) is 41.2 Å². The Hall–Kier alpha value is -1.32. The zero-order chi connectivity index (χ0) is 15.4. The van der Waals surface area contributed by atoms with Gasteiger partial charge in [0.05, 0.1) is 5.02 Å². The second kappa shape index (κ2) is 7.10. The zero-order valence-corrected chi connectivity index (χ0v) is 14.3. The Morgan fingerprint density at radius 3 is 2.67 bits per heavy atom. The Labute approximate surface area is 138 Å². The summed E-state index contributed by atoms with van der Waals surface area (Å²) in [5, 5.41) is 3.58. The van der Waals surface area contributed by atoms with E-state index in [1.165, 1.54) is 0 Å². The van der Waals surface area contributed by atoms with Crippen molar-refractivity contribution in [2.24, 2.45) is 0 Å². The smallest absolute Gasteiger partial charge is 0.255 e. The fraction of sp³-hybridized carbons (Fsp3) is 0.235. The van der Waals surface area contributed by atoms with Crippen molar-refractivity contribution in [2.75, 3.05) is 5.32 Å². The van der Waals surface area contributed by atoms with E-state index < -0.39 is 0 Å². The van der Waals surface area contributed by atoms with E-state index in [4.69, 9.17) is 11.6 Å². The number of carbonyl (C=O) groups excluding carboxylic acids is 1. The molecule has 0 radical (unpaired) electrons. The number of halogens is 2. The summed E-state index contributed by atoms with van der Waals surface area (Å²) in [7, 11) is 0. The van der Waals surface area contributed by atoms with Crippen molar-refractivity contribution in [3.8, 4) is 0 Å². The summed E-state index contributed by atoms with van der Waals surface area (Å²) in [6.45, 7) is 4.30. The quantitative estimate of drug-likeness (QED) is 0.720. The molecule has 0 aliphatic rings. The van der Waals surface area contributed by atoms with Crippen LogP contribution >= 0.6 is 27.5 Å². The molecule has 0 saturated heterocycles. The predicted octanol–water partition coefficient (Wildman–Crippen LogP) is 5.87. The molecule has 2 aromatic carbocycles. The lowest BCUT2D eigenvalue weighted by atomic mass is 9.97. The van der Waals surface area contributed by atoms with Gasteiger partial charge in [0.2, 0.25) is 0 Å². The van der Waals surface area contributed by atoms with Crippen LogP contribution in [-0.4, -0.2) is 5.91 Å². The lowest BCUT2D eigenvalue weighted by Crippen LogP contribution is -2.14. The summed E-state index contributed by atoms with van der Waals surface area (Å²) < 4.78 is 0.715. The number of carbonyl (C=O) groups is 1. The highest BCUT2D eigenvalue weighted by atomic mass is 79.9. The first-order valence-electron chi connectivity index (χ1n) is 6.88. The molecule has 1 unspecified atom stereocenters. The Bertz CT molecular complexity index is 657. The maximum atomic E-state index is 12.4. The molecule has 0 aliphatic carbocycles. The first-order chi connectivity index (χ1) is 10.0. The molecule has 0 saturated carbocycles. The summed E-state index contributed by atoms with van der Waals surface area (Å²) in [6.07, 6.45) is 1.03. The summed E-state index contributed by atoms with van der Waals surface area (Å²) in [5.41, 5.74) is 2.59. The van der Waals surface area contributed by atoms with E-state index in [0.717, 1.165) is 17.7 Å². The number of amides is 1. The lowest BCUT2D eigenvalue weighted by molar-refractivity contribution is 0.102. The second-order valence-corrected chi connectivity index (χ2v) is 6.24. The van der Waals surface area contributed by atoms with Gasteiger partial charge in [-0.1, -0.05) is 43.6 Å². The summed E-state index contributed by atoms with van der Waals surface area (Å²) in [4.78, 5) is 12.4. The van der Waals surface area contributed by atoms with Gasteiger partial charge in [-0.05, 0) is 58.1 Å². The third-order valence-corrected chi connectivity index (χ3v) is 4.75. The van der Waals surface area contributed by atoms with Gasteiger partial charge in [0.25, 0.3) is 5.91 Å². The van der Waals surface area contributed by atoms with Crippen molar-refractivity contribution in [3.05, 3.63) is 63.1 Å².